The molecule has 0 amide bonds. The molecule has 96 valence electrons. The quantitative estimate of drug-likeness (QED) is 0.905. The topological polar surface area (TPSA) is 46.2 Å². The van der Waals surface area contributed by atoms with Gasteiger partial charge in [0, 0.05) is 6.04 Å². The number of hydrogen-bond donors (Lipinski definition) is 1. The van der Waals surface area contributed by atoms with Gasteiger partial charge < -0.3 is 0 Å². The summed E-state index contributed by atoms with van der Waals surface area (Å²) in [5.74, 6) is 2.92. The predicted octanol–water partition coefficient (Wildman–Crippen LogP) is 1.93. The van der Waals surface area contributed by atoms with Crippen molar-refractivity contribution in [1.29, 1.82) is 0 Å². The zero-order valence-corrected chi connectivity index (χ0v) is 11.2. The maximum absolute atomic E-state index is 12.3. The van der Waals surface area contributed by atoms with Crippen LogP contribution in [-0.2, 0) is 10.0 Å². The van der Waals surface area contributed by atoms with Gasteiger partial charge in [-0.05, 0) is 55.6 Å². The molecular weight excluding hydrogens is 246 g/mol. The number of hydrogen-bond acceptors (Lipinski definition) is 2. The van der Waals surface area contributed by atoms with Crippen molar-refractivity contribution >= 4 is 10.0 Å². The molecule has 4 bridgehead atoms. The first-order valence-electron chi connectivity index (χ1n) is 6.65. The molecule has 4 aliphatic carbocycles. The summed E-state index contributed by atoms with van der Waals surface area (Å²) in [5, 5.41) is 0. The van der Waals surface area contributed by atoms with E-state index in [1.165, 1.54) is 12.8 Å². The van der Waals surface area contributed by atoms with Crippen molar-refractivity contribution in [2.75, 3.05) is 0 Å². The minimum absolute atomic E-state index is 0.214. The largest absolute Gasteiger partial charge is 0.240 e. The lowest BCUT2D eigenvalue weighted by atomic mass is 10.1. The van der Waals surface area contributed by atoms with Crippen LogP contribution in [0.2, 0.25) is 0 Å². The fraction of sp³-hybridized carbons (Fsp3) is 0.571. The molecule has 2 unspecified atom stereocenters. The smallest absolute Gasteiger partial charge is 0.207 e. The molecule has 0 radical (unpaired) electrons. The van der Waals surface area contributed by atoms with Gasteiger partial charge in [0.1, 0.15) is 0 Å². The summed E-state index contributed by atoms with van der Waals surface area (Å²) in [5.41, 5.74) is 1.08. The average Bonchev–Trinajstić information content (AvgIpc) is 2.69. The van der Waals surface area contributed by atoms with E-state index >= 15 is 0 Å². The second-order valence-corrected chi connectivity index (χ2v) is 7.81. The molecule has 18 heavy (non-hydrogen) atoms. The molecule has 0 spiro atoms. The molecule has 0 heterocycles. The lowest BCUT2D eigenvalue weighted by Crippen LogP contribution is -2.37. The van der Waals surface area contributed by atoms with E-state index in [1.54, 1.807) is 12.1 Å². The molecule has 3 nitrogen and oxygen atoms in total. The van der Waals surface area contributed by atoms with Crippen molar-refractivity contribution in [1.82, 2.24) is 4.72 Å². The third kappa shape index (κ3) is 1.42. The van der Waals surface area contributed by atoms with Crippen molar-refractivity contribution in [3.05, 3.63) is 29.8 Å². The van der Waals surface area contributed by atoms with Crippen LogP contribution >= 0.6 is 0 Å². The van der Waals surface area contributed by atoms with E-state index in [4.69, 9.17) is 0 Å². The molecule has 0 aromatic heterocycles. The number of sulfonamides is 1. The number of nitrogens with one attached hydrogen (secondary N) is 1. The third-order valence-electron chi connectivity index (χ3n) is 5.09. The second kappa shape index (κ2) is 3.36. The van der Waals surface area contributed by atoms with Gasteiger partial charge in [-0.25, -0.2) is 13.1 Å². The Morgan fingerprint density at radius 1 is 1.11 bits per heavy atom. The predicted molar refractivity (Wildman–Crippen MR) is 68.5 cm³/mol. The van der Waals surface area contributed by atoms with Gasteiger partial charge in [-0.1, -0.05) is 17.7 Å². The molecule has 1 aromatic rings. The van der Waals surface area contributed by atoms with Crippen LogP contribution in [-0.4, -0.2) is 14.5 Å². The Bertz CT molecular complexity index is 579. The van der Waals surface area contributed by atoms with Crippen LogP contribution in [0.25, 0.3) is 0 Å². The maximum Gasteiger partial charge on any atom is 0.240 e. The molecule has 1 aromatic carbocycles. The van der Waals surface area contributed by atoms with Gasteiger partial charge in [0.25, 0.3) is 0 Å². The zero-order chi connectivity index (χ0) is 12.5. The van der Waals surface area contributed by atoms with Crippen molar-refractivity contribution in [3.8, 4) is 0 Å². The lowest BCUT2D eigenvalue weighted by molar-refractivity contribution is 0.472. The Hall–Kier alpha value is -0.870. The summed E-state index contributed by atoms with van der Waals surface area (Å²) in [4.78, 5) is 0.398. The molecule has 4 saturated carbocycles. The minimum atomic E-state index is -3.32. The molecule has 0 saturated heterocycles. The summed E-state index contributed by atoms with van der Waals surface area (Å²) in [6.45, 7) is 1.96. The van der Waals surface area contributed by atoms with E-state index in [9.17, 15) is 8.42 Å². The summed E-state index contributed by atoms with van der Waals surface area (Å²) in [7, 11) is -3.32. The number of benzene rings is 1. The van der Waals surface area contributed by atoms with Gasteiger partial charge in [0.05, 0.1) is 4.90 Å². The SMILES string of the molecule is Cc1ccc(S(=O)(=O)N[C@H]2C3C[C@@H]4C2[C@@H]4C3)cc1. The summed E-state index contributed by atoms with van der Waals surface area (Å²) >= 11 is 0. The zero-order valence-electron chi connectivity index (χ0n) is 10.3. The standard InChI is InChI=1S/C14H17NO2S/c1-8-2-4-10(5-3-8)18(16,17)15-14-9-6-11-12(7-9)13(11)14/h2-5,9,11-15H,6-7H2,1H3/t9?,11-,12+,13?,14-/m0/s1. The average molecular weight is 263 g/mol. The maximum atomic E-state index is 12.3. The third-order valence-corrected chi connectivity index (χ3v) is 6.57. The monoisotopic (exact) mass is 263 g/mol. The molecule has 4 aliphatic rings. The van der Waals surface area contributed by atoms with Crippen LogP contribution in [0.3, 0.4) is 0 Å². The molecule has 4 heteroatoms. The van der Waals surface area contributed by atoms with Crippen molar-refractivity contribution < 1.29 is 8.42 Å². The second-order valence-electron chi connectivity index (χ2n) is 6.10. The Kier molecular flexibility index (Phi) is 2.06. The van der Waals surface area contributed by atoms with Crippen LogP contribution in [0.15, 0.2) is 29.2 Å². The Morgan fingerprint density at radius 3 is 2.22 bits per heavy atom. The first kappa shape index (κ1) is 11.0. The van der Waals surface area contributed by atoms with Gasteiger partial charge in [-0.15, -0.1) is 0 Å². The molecule has 1 N–H and O–H groups in total. The van der Waals surface area contributed by atoms with Crippen LogP contribution in [0.1, 0.15) is 18.4 Å². The van der Waals surface area contributed by atoms with E-state index in [-0.39, 0.29) is 6.04 Å². The summed E-state index contributed by atoms with van der Waals surface area (Å²) < 4.78 is 27.6. The van der Waals surface area contributed by atoms with Crippen LogP contribution in [0, 0.1) is 30.6 Å². The normalized spacial score (nSPS) is 40.2. The van der Waals surface area contributed by atoms with E-state index in [0.717, 1.165) is 17.4 Å². The van der Waals surface area contributed by atoms with Crippen molar-refractivity contribution in [3.63, 3.8) is 0 Å². The van der Waals surface area contributed by atoms with E-state index < -0.39 is 10.0 Å². The van der Waals surface area contributed by atoms with Crippen molar-refractivity contribution in [2.24, 2.45) is 23.7 Å². The number of aryl methyl sites for hydroxylation is 1. The van der Waals surface area contributed by atoms with E-state index in [1.807, 2.05) is 19.1 Å². The molecule has 5 atom stereocenters. The van der Waals surface area contributed by atoms with Gasteiger partial charge in [0.15, 0.2) is 0 Å². The molecular formula is C14H17NO2S. The molecule has 4 fully saturated rings. The minimum Gasteiger partial charge on any atom is -0.207 e. The first-order chi connectivity index (χ1) is 8.56. The molecule has 5 rings (SSSR count). The fourth-order valence-electron chi connectivity index (χ4n) is 4.21. The Balaban J connectivity index is 1.59. The van der Waals surface area contributed by atoms with Gasteiger partial charge in [-0.3, -0.25) is 0 Å². The van der Waals surface area contributed by atoms with Crippen LogP contribution < -0.4 is 4.72 Å². The highest BCUT2D eigenvalue weighted by Crippen LogP contribution is 2.70. The Labute approximate surface area is 108 Å². The Morgan fingerprint density at radius 2 is 1.72 bits per heavy atom. The highest BCUT2D eigenvalue weighted by molar-refractivity contribution is 7.89. The van der Waals surface area contributed by atoms with E-state index in [0.29, 0.717) is 16.7 Å². The summed E-state index contributed by atoms with van der Waals surface area (Å²) in [6.07, 6.45) is 2.49. The molecule has 0 aliphatic heterocycles. The number of rotatable bonds is 3. The van der Waals surface area contributed by atoms with Gasteiger partial charge in [-0.2, -0.15) is 0 Å². The summed E-state index contributed by atoms with van der Waals surface area (Å²) in [6, 6.07) is 7.31. The fourth-order valence-corrected chi connectivity index (χ4v) is 5.55. The highest BCUT2D eigenvalue weighted by atomic mass is 32.2. The highest BCUT2D eigenvalue weighted by Gasteiger charge is 2.68. The van der Waals surface area contributed by atoms with Gasteiger partial charge in [0.2, 0.25) is 10.0 Å². The first-order valence-corrected chi connectivity index (χ1v) is 8.13. The lowest BCUT2D eigenvalue weighted by Gasteiger charge is -2.17. The van der Waals surface area contributed by atoms with E-state index in [2.05, 4.69) is 4.72 Å². The van der Waals surface area contributed by atoms with Gasteiger partial charge >= 0.3 is 0 Å². The van der Waals surface area contributed by atoms with Crippen molar-refractivity contribution in [2.45, 2.75) is 30.7 Å². The van der Waals surface area contributed by atoms with Crippen LogP contribution in [0.5, 0.6) is 0 Å². The van der Waals surface area contributed by atoms with Crippen LogP contribution in [0.4, 0.5) is 0 Å².